The van der Waals surface area contributed by atoms with Crippen LogP contribution in [0.3, 0.4) is 0 Å². The van der Waals surface area contributed by atoms with Crippen molar-refractivity contribution in [2.24, 2.45) is 5.92 Å². The first kappa shape index (κ1) is 17.9. The molecule has 0 bridgehead atoms. The number of halogens is 1. The Labute approximate surface area is 145 Å². The third kappa shape index (κ3) is 5.95. The first-order chi connectivity index (χ1) is 10.9. The Morgan fingerprint density at radius 1 is 1.30 bits per heavy atom. The van der Waals surface area contributed by atoms with Crippen LogP contribution in [0.25, 0.3) is 0 Å². The number of anilines is 1. The summed E-state index contributed by atoms with van der Waals surface area (Å²) in [5, 5.41) is 5.82. The lowest BCUT2D eigenvalue weighted by Crippen LogP contribution is -2.41. The molecule has 1 heterocycles. The predicted molar refractivity (Wildman–Crippen MR) is 95.4 cm³/mol. The summed E-state index contributed by atoms with van der Waals surface area (Å²) in [5.74, 6) is 0.551. The van der Waals surface area contributed by atoms with Gasteiger partial charge in [-0.05, 0) is 72.4 Å². The van der Waals surface area contributed by atoms with Crippen LogP contribution in [0.2, 0.25) is 0 Å². The number of hydrogen-bond donors (Lipinski definition) is 2. The molecule has 0 saturated carbocycles. The fourth-order valence-electron chi connectivity index (χ4n) is 2.75. The van der Waals surface area contributed by atoms with Crippen LogP contribution in [-0.4, -0.2) is 42.9 Å². The first-order valence-corrected chi connectivity index (χ1v) is 8.76. The Bertz CT molecular complexity index is 569. The highest BCUT2D eigenvalue weighted by Gasteiger charge is 2.21. The fourth-order valence-corrected chi connectivity index (χ4v) is 3.34. The van der Waals surface area contributed by atoms with Crippen molar-refractivity contribution < 1.29 is 9.59 Å². The summed E-state index contributed by atoms with van der Waals surface area (Å²) in [5.41, 5.74) is 1.96. The topological polar surface area (TPSA) is 61.4 Å². The van der Waals surface area contributed by atoms with Crippen molar-refractivity contribution in [3.63, 3.8) is 0 Å². The third-order valence-electron chi connectivity index (χ3n) is 4.11. The molecule has 0 spiro atoms. The van der Waals surface area contributed by atoms with Crippen LogP contribution in [0.5, 0.6) is 0 Å². The van der Waals surface area contributed by atoms with E-state index in [0.717, 1.165) is 48.2 Å². The summed E-state index contributed by atoms with van der Waals surface area (Å²) < 4.78 is 0.903. The smallest absolute Gasteiger partial charge is 0.238 e. The van der Waals surface area contributed by atoms with Gasteiger partial charge in [0, 0.05) is 17.9 Å². The largest absolute Gasteiger partial charge is 0.356 e. The first-order valence-electron chi connectivity index (χ1n) is 7.97. The van der Waals surface area contributed by atoms with Gasteiger partial charge < -0.3 is 10.6 Å². The molecule has 1 fully saturated rings. The molecule has 2 N–H and O–H groups in total. The van der Waals surface area contributed by atoms with Gasteiger partial charge in [-0.15, -0.1) is 0 Å². The zero-order valence-electron chi connectivity index (χ0n) is 13.7. The monoisotopic (exact) mass is 381 g/mol. The minimum Gasteiger partial charge on any atom is -0.356 e. The number of amides is 2. The van der Waals surface area contributed by atoms with Crippen LogP contribution >= 0.6 is 15.9 Å². The van der Waals surface area contributed by atoms with E-state index in [-0.39, 0.29) is 11.8 Å². The highest BCUT2D eigenvalue weighted by atomic mass is 79.9. The van der Waals surface area contributed by atoms with Crippen LogP contribution in [0, 0.1) is 12.8 Å². The number of likely N-dealkylation sites (tertiary alicyclic amines) is 1. The van der Waals surface area contributed by atoms with E-state index < -0.39 is 0 Å². The maximum atomic E-state index is 12.2. The molecule has 0 aromatic heterocycles. The summed E-state index contributed by atoms with van der Waals surface area (Å²) >= 11 is 3.47. The van der Waals surface area contributed by atoms with E-state index in [4.69, 9.17) is 0 Å². The van der Waals surface area contributed by atoms with E-state index >= 15 is 0 Å². The van der Waals surface area contributed by atoms with Crippen molar-refractivity contribution in [2.45, 2.75) is 26.7 Å². The number of carbonyl (C=O) groups excluding carboxylic acids is 2. The molecular weight excluding hydrogens is 358 g/mol. The number of nitrogens with zero attached hydrogens (tertiary/aromatic N) is 1. The van der Waals surface area contributed by atoms with Gasteiger partial charge in [0.2, 0.25) is 11.8 Å². The SMILES string of the molecule is CC(=O)NCC1CCN(CC(=O)Nc2ccc(C)cc2Br)CC1. The number of nitrogens with one attached hydrogen (secondary N) is 2. The second-order valence-electron chi connectivity index (χ2n) is 6.19. The van der Waals surface area contributed by atoms with Crippen LogP contribution in [0.1, 0.15) is 25.3 Å². The van der Waals surface area contributed by atoms with Crippen molar-refractivity contribution in [1.29, 1.82) is 0 Å². The number of aryl methyl sites for hydroxylation is 1. The second kappa shape index (κ2) is 8.45. The zero-order valence-corrected chi connectivity index (χ0v) is 15.3. The van der Waals surface area contributed by atoms with Crippen molar-refractivity contribution in [1.82, 2.24) is 10.2 Å². The van der Waals surface area contributed by atoms with Crippen molar-refractivity contribution in [3.05, 3.63) is 28.2 Å². The number of benzene rings is 1. The molecular formula is C17H24BrN3O2. The van der Waals surface area contributed by atoms with Crippen molar-refractivity contribution in [3.8, 4) is 0 Å². The molecule has 0 aliphatic carbocycles. The average molecular weight is 382 g/mol. The summed E-state index contributed by atoms with van der Waals surface area (Å²) in [7, 11) is 0. The number of hydrogen-bond acceptors (Lipinski definition) is 3. The van der Waals surface area contributed by atoms with Gasteiger partial charge in [-0.25, -0.2) is 0 Å². The van der Waals surface area contributed by atoms with Gasteiger partial charge >= 0.3 is 0 Å². The zero-order chi connectivity index (χ0) is 16.8. The lowest BCUT2D eigenvalue weighted by Gasteiger charge is -2.31. The Kier molecular flexibility index (Phi) is 6.59. The van der Waals surface area contributed by atoms with E-state index in [1.165, 1.54) is 0 Å². The van der Waals surface area contributed by atoms with Crippen molar-refractivity contribution in [2.75, 3.05) is 31.5 Å². The molecule has 1 aliphatic heterocycles. The van der Waals surface area contributed by atoms with Crippen LogP contribution in [0.15, 0.2) is 22.7 Å². The number of carbonyl (C=O) groups is 2. The van der Waals surface area contributed by atoms with Gasteiger partial charge in [0.1, 0.15) is 0 Å². The molecule has 1 aliphatic rings. The maximum absolute atomic E-state index is 12.2. The molecule has 5 nitrogen and oxygen atoms in total. The quantitative estimate of drug-likeness (QED) is 0.823. The normalized spacial score (nSPS) is 16.1. The van der Waals surface area contributed by atoms with E-state index in [0.29, 0.717) is 12.5 Å². The minimum absolute atomic E-state index is 0.00913. The molecule has 0 atom stereocenters. The predicted octanol–water partition coefficient (Wildman–Crippen LogP) is 2.54. The third-order valence-corrected chi connectivity index (χ3v) is 4.77. The summed E-state index contributed by atoms with van der Waals surface area (Å²) in [6.45, 7) is 6.50. The second-order valence-corrected chi connectivity index (χ2v) is 7.04. The maximum Gasteiger partial charge on any atom is 0.238 e. The standard InChI is InChI=1S/C17H24BrN3O2/c1-12-3-4-16(15(18)9-12)20-17(23)11-21-7-5-14(6-8-21)10-19-13(2)22/h3-4,9,14H,5-8,10-11H2,1-2H3,(H,19,22)(H,20,23). The number of piperidine rings is 1. The van der Waals surface area contributed by atoms with E-state index in [1.54, 1.807) is 6.92 Å². The van der Waals surface area contributed by atoms with E-state index in [1.807, 2.05) is 25.1 Å². The fraction of sp³-hybridized carbons (Fsp3) is 0.529. The Morgan fingerprint density at radius 3 is 2.61 bits per heavy atom. The van der Waals surface area contributed by atoms with Gasteiger partial charge in [-0.1, -0.05) is 6.07 Å². The van der Waals surface area contributed by atoms with Gasteiger partial charge in [-0.3, -0.25) is 14.5 Å². The molecule has 0 unspecified atom stereocenters. The lowest BCUT2D eigenvalue weighted by molar-refractivity contribution is -0.119. The molecule has 0 radical (unpaired) electrons. The Balaban J connectivity index is 1.75. The minimum atomic E-state index is 0.00913. The summed E-state index contributed by atoms with van der Waals surface area (Å²) in [6, 6.07) is 5.88. The molecule has 126 valence electrons. The average Bonchev–Trinajstić information content (AvgIpc) is 2.49. The summed E-state index contributed by atoms with van der Waals surface area (Å²) in [4.78, 5) is 25.3. The Hall–Kier alpha value is -1.40. The van der Waals surface area contributed by atoms with Gasteiger partial charge in [0.25, 0.3) is 0 Å². The van der Waals surface area contributed by atoms with Crippen LogP contribution in [0.4, 0.5) is 5.69 Å². The molecule has 1 saturated heterocycles. The lowest BCUT2D eigenvalue weighted by atomic mass is 9.97. The molecule has 2 amide bonds. The van der Waals surface area contributed by atoms with Gasteiger partial charge in [0.05, 0.1) is 12.2 Å². The molecule has 1 aromatic carbocycles. The highest BCUT2D eigenvalue weighted by Crippen LogP contribution is 2.23. The van der Waals surface area contributed by atoms with E-state index in [9.17, 15) is 9.59 Å². The number of rotatable bonds is 5. The summed E-state index contributed by atoms with van der Waals surface area (Å²) in [6.07, 6.45) is 2.03. The molecule has 6 heteroatoms. The van der Waals surface area contributed by atoms with Crippen LogP contribution < -0.4 is 10.6 Å². The highest BCUT2D eigenvalue weighted by molar-refractivity contribution is 9.10. The molecule has 23 heavy (non-hydrogen) atoms. The Morgan fingerprint density at radius 2 is 2.00 bits per heavy atom. The molecule has 1 aromatic rings. The molecule has 2 rings (SSSR count). The van der Waals surface area contributed by atoms with Gasteiger partial charge in [0.15, 0.2) is 0 Å². The van der Waals surface area contributed by atoms with Crippen LogP contribution in [-0.2, 0) is 9.59 Å². The van der Waals surface area contributed by atoms with E-state index in [2.05, 4.69) is 31.5 Å². The van der Waals surface area contributed by atoms with Gasteiger partial charge in [-0.2, -0.15) is 0 Å². The van der Waals surface area contributed by atoms with Crippen molar-refractivity contribution >= 4 is 33.4 Å².